The van der Waals surface area contributed by atoms with Crippen LogP contribution in [0.3, 0.4) is 0 Å². The molecule has 0 radical (unpaired) electrons. The van der Waals surface area contributed by atoms with Gasteiger partial charge in [0.05, 0.1) is 0 Å². The fourth-order valence-corrected chi connectivity index (χ4v) is 3.90. The van der Waals surface area contributed by atoms with Gasteiger partial charge < -0.3 is 15.3 Å². The van der Waals surface area contributed by atoms with Gasteiger partial charge in [0, 0.05) is 35.4 Å². The Morgan fingerprint density at radius 2 is 1.60 bits per heavy atom. The summed E-state index contributed by atoms with van der Waals surface area (Å²) in [7, 11) is -0.844. The highest BCUT2D eigenvalue weighted by atomic mass is 32.2. The number of amides is 2. The maximum absolute atomic E-state index is 12.2. The molecule has 2 aliphatic rings. The number of urea groups is 1. The number of rotatable bonds is 2. The van der Waals surface area contributed by atoms with E-state index < -0.39 is 22.3 Å². The SMILES string of the molecule is O=C(NC1(C(=O)O)CCCCCC1)N1CCS(=O)CC1. The minimum absolute atomic E-state index is 0.328. The quantitative estimate of drug-likeness (QED) is 0.743. The molecule has 2 N–H and O–H groups in total. The van der Waals surface area contributed by atoms with Gasteiger partial charge in [-0.3, -0.25) is 4.21 Å². The van der Waals surface area contributed by atoms with E-state index in [-0.39, 0.29) is 6.03 Å². The predicted molar refractivity (Wildman–Crippen MR) is 76.0 cm³/mol. The van der Waals surface area contributed by atoms with E-state index in [4.69, 9.17) is 0 Å². The molecule has 1 saturated carbocycles. The summed E-state index contributed by atoms with van der Waals surface area (Å²) in [6, 6.07) is -0.328. The van der Waals surface area contributed by atoms with E-state index in [9.17, 15) is 18.9 Å². The molecule has 1 saturated heterocycles. The minimum atomic E-state index is -1.12. The molecule has 1 aliphatic heterocycles. The zero-order valence-corrected chi connectivity index (χ0v) is 12.4. The first-order chi connectivity index (χ1) is 9.53. The third-order valence-corrected chi connectivity index (χ3v) is 5.45. The molecule has 0 aromatic heterocycles. The molecule has 0 bridgehead atoms. The lowest BCUT2D eigenvalue weighted by Crippen LogP contribution is -2.59. The summed E-state index contributed by atoms with van der Waals surface area (Å²) in [5.41, 5.74) is -1.12. The molecule has 0 atom stereocenters. The highest BCUT2D eigenvalue weighted by Crippen LogP contribution is 2.27. The number of nitrogens with zero attached hydrogens (tertiary/aromatic N) is 1. The number of carboxylic acid groups (broad SMARTS) is 1. The minimum Gasteiger partial charge on any atom is -0.480 e. The number of hydrogen-bond donors (Lipinski definition) is 2. The van der Waals surface area contributed by atoms with Gasteiger partial charge in [0.2, 0.25) is 0 Å². The van der Waals surface area contributed by atoms with E-state index in [1.54, 1.807) is 4.90 Å². The largest absolute Gasteiger partial charge is 0.480 e. The first kappa shape index (κ1) is 15.3. The van der Waals surface area contributed by atoms with Crippen molar-refractivity contribution >= 4 is 22.8 Å². The summed E-state index contributed by atoms with van der Waals surface area (Å²) in [5.74, 6) is 0.0226. The van der Waals surface area contributed by atoms with Gasteiger partial charge in [-0.05, 0) is 12.8 Å². The maximum atomic E-state index is 12.2. The fraction of sp³-hybridized carbons (Fsp3) is 0.846. The van der Waals surface area contributed by atoms with Crippen molar-refractivity contribution < 1.29 is 18.9 Å². The molecule has 0 aromatic rings. The molecular formula is C13H22N2O4S. The van der Waals surface area contributed by atoms with Gasteiger partial charge in [0.25, 0.3) is 0 Å². The van der Waals surface area contributed by atoms with E-state index in [2.05, 4.69) is 5.32 Å². The summed E-state index contributed by atoms with van der Waals surface area (Å²) in [4.78, 5) is 25.4. The number of carbonyl (C=O) groups excluding carboxylic acids is 1. The molecule has 0 unspecified atom stereocenters. The molecule has 1 aliphatic carbocycles. The number of carbonyl (C=O) groups is 2. The normalized spacial score (nSPS) is 23.9. The van der Waals surface area contributed by atoms with Crippen molar-refractivity contribution in [1.82, 2.24) is 10.2 Å². The number of hydrogen-bond acceptors (Lipinski definition) is 3. The van der Waals surface area contributed by atoms with Crippen molar-refractivity contribution in [3.63, 3.8) is 0 Å². The second kappa shape index (κ2) is 6.56. The van der Waals surface area contributed by atoms with E-state index in [1.165, 1.54) is 0 Å². The molecular weight excluding hydrogens is 280 g/mol. The van der Waals surface area contributed by atoms with Crippen molar-refractivity contribution in [3.8, 4) is 0 Å². The lowest BCUT2D eigenvalue weighted by Gasteiger charge is -2.34. The zero-order valence-electron chi connectivity index (χ0n) is 11.6. The fourth-order valence-electron chi connectivity index (χ4n) is 2.85. The zero-order chi connectivity index (χ0) is 14.6. The van der Waals surface area contributed by atoms with Crippen LogP contribution >= 0.6 is 0 Å². The van der Waals surface area contributed by atoms with Gasteiger partial charge in [-0.25, -0.2) is 9.59 Å². The number of aliphatic carboxylic acids is 1. The smallest absolute Gasteiger partial charge is 0.329 e. The van der Waals surface area contributed by atoms with Crippen molar-refractivity contribution in [1.29, 1.82) is 0 Å². The Morgan fingerprint density at radius 1 is 1.05 bits per heavy atom. The number of carboxylic acids is 1. The molecule has 2 rings (SSSR count). The molecule has 6 nitrogen and oxygen atoms in total. The third kappa shape index (κ3) is 3.50. The van der Waals surface area contributed by atoms with Gasteiger partial charge in [0.1, 0.15) is 5.54 Å². The molecule has 0 spiro atoms. The lowest BCUT2D eigenvalue weighted by molar-refractivity contribution is -0.145. The average molecular weight is 302 g/mol. The Kier molecular flexibility index (Phi) is 5.01. The van der Waals surface area contributed by atoms with Gasteiger partial charge in [-0.1, -0.05) is 25.7 Å². The van der Waals surface area contributed by atoms with E-state index in [1.807, 2.05) is 0 Å². The highest BCUT2D eigenvalue weighted by molar-refractivity contribution is 7.85. The van der Waals surface area contributed by atoms with Crippen LogP contribution in [0.5, 0.6) is 0 Å². The molecule has 0 aromatic carbocycles. The average Bonchev–Trinajstić information content (AvgIpc) is 2.66. The van der Waals surface area contributed by atoms with E-state index in [0.29, 0.717) is 37.4 Å². The Balaban J connectivity index is 2.02. The van der Waals surface area contributed by atoms with Gasteiger partial charge in [-0.15, -0.1) is 0 Å². The van der Waals surface area contributed by atoms with Gasteiger partial charge >= 0.3 is 12.0 Å². The molecule has 2 amide bonds. The standard InChI is InChI=1S/C13H22N2O4S/c16-11(17)13(5-3-1-2-4-6-13)14-12(18)15-7-9-20(19)10-8-15/h1-10H2,(H,14,18)(H,16,17). The van der Waals surface area contributed by atoms with Crippen LogP contribution in [0, 0.1) is 0 Å². The third-order valence-electron chi connectivity index (χ3n) is 4.18. The van der Waals surface area contributed by atoms with Crippen LogP contribution in [0.2, 0.25) is 0 Å². The van der Waals surface area contributed by atoms with E-state index in [0.717, 1.165) is 25.7 Å². The first-order valence-corrected chi connectivity index (χ1v) is 8.68. The maximum Gasteiger partial charge on any atom is 0.329 e. The van der Waals surface area contributed by atoms with E-state index >= 15 is 0 Å². The molecule has 20 heavy (non-hydrogen) atoms. The van der Waals surface area contributed by atoms with Crippen LogP contribution in [0.15, 0.2) is 0 Å². The summed E-state index contributed by atoms with van der Waals surface area (Å²) < 4.78 is 11.3. The van der Waals surface area contributed by atoms with Crippen LogP contribution in [0.4, 0.5) is 4.79 Å². The lowest BCUT2D eigenvalue weighted by atomic mass is 9.90. The first-order valence-electron chi connectivity index (χ1n) is 7.19. The van der Waals surface area contributed by atoms with Crippen LogP contribution in [-0.4, -0.2) is 56.3 Å². The van der Waals surface area contributed by atoms with Crippen LogP contribution in [0.25, 0.3) is 0 Å². The summed E-state index contributed by atoms with van der Waals surface area (Å²) in [6.07, 6.45) is 4.69. The molecule has 114 valence electrons. The second-order valence-corrected chi connectivity index (χ2v) is 7.26. The predicted octanol–water partition coefficient (Wildman–Crippen LogP) is 0.938. The second-order valence-electron chi connectivity index (χ2n) is 5.57. The van der Waals surface area contributed by atoms with Crippen LogP contribution in [-0.2, 0) is 15.6 Å². The van der Waals surface area contributed by atoms with Crippen molar-refractivity contribution in [2.24, 2.45) is 0 Å². The molecule has 1 heterocycles. The highest BCUT2D eigenvalue weighted by Gasteiger charge is 2.41. The number of nitrogens with one attached hydrogen (secondary N) is 1. The monoisotopic (exact) mass is 302 g/mol. The Morgan fingerprint density at radius 3 is 2.10 bits per heavy atom. The Labute approximate surface area is 121 Å². The van der Waals surface area contributed by atoms with Crippen LogP contribution in [0.1, 0.15) is 38.5 Å². The van der Waals surface area contributed by atoms with Crippen molar-refractivity contribution in [2.45, 2.75) is 44.1 Å². The molecule has 2 fully saturated rings. The summed E-state index contributed by atoms with van der Waals surface area (Å²) in [6.45, 7) is 0.877. The van der Waals surface area contributed by atoms with Crippen LogP contribution < -0.4 is 5.32 Å². The summed E-state index contributed by atoms with van der Waals surface area (Å²) in [5, 5.41) is 12.3. The molecule has 7 heteroatoms. The Hall–Kier alpha value is -1.11. The Bertz CT molecular complexity index is 395. The van der Waals surface area contributed by atoms with Gasteiger partial charge in [0.15, 0.2) is 0 Å². The van der Waals surface area contributed by atoms with Gasteiger partial charge in [-0.2, -0.15) is 0 Å². The van der Waals surface area contributed by atoms with Crippen molar-refractivity contribution in [2.75, 3.05) is 24.6 Å². The topological polar surface area (TPSA) is 86.7 Å². The van der Waals surface area contributed by atoms with Crippen molar-refractivity contribution in [3.05, 3.63) is 0 Å². The summed E-state index contributed by atoms with van der Waals surface area (Å²) >= 11 is 0.